The molecule has 0 aliphatic heterocycles. The Hall–Kier alpha value is -0.540. The van der Waals surface area contributed by atoms with Gasteiger partial charge >= 0.3 is 0 Å². The van der Waals surface area contributed by atoms with Gasteiger partial charge < -0.3 is 10.1 Å². The van der Waals surface area contributed by atoms with Crippen LogP contribution >= 0.6 is 15.9 Å². The number of hydrogen-bond donors (Lipinski definition) is 1. The fraction of sp³-hybridized carbons (Fsp3) is 0.625. The zero-order chi connectivity index (χ0) is 14.4. The second-order valence-electron chi connectivity index (χ2n) is 5.48. The van der Waals surface area contributed by atoms with Crippen LogP contribution in [0, 0.1) is 0 Å². The molecule has 19 heavy (non-hydrogen) atoms. The smallest absolute Gasteiger partial charge is 0.123 e. The third-order valence-corrected chi connectivity index (χ3v) is 3.78. The molecule has 1 aromatic carbocycles. The highest BCUT2D eigenvalue weighted by Gasteiger charge is 2.12. The summed E-state index contributed by atoms with van der Waals surface area (Å²) in [4.78, 5) is 0. The van der Waals surface area contributed by atoms with Crippen molar-refractivity contribution in [3.63, 3.8) is 0 Å². The van der Waals surface area contributed by atoms with E-state index in [2.05, 4.69) is 68.0 Å². The lowest BCUT2D eigenvalue weighted by molar-refractivity contribution is 0.209. The number of ether oxygens (including phenoxy) is 1. The molecule has 0 saturated carbocycles. The Kier molecular flexibility index (Phi) is 6.87. The summed E-state index contributed by atoms with van der Waals surface area (Å²) in [6.45, 7) is 11.8. The zero-order valence-electron chi connectivity index (χ0n) is 12.7. The maximum atomic E-state index is 6.07. The molecule has 0 spiro atoms. The summed E-state index contributed by atoms with van der Waals surface area (Å²) in [5.41, 5.74) is 1.25. The molecule has 2 nitrogen and oxygen atoms in total. The number of nitrogens with one attached hydrogen (secondary N) is 1. The molecular formula is C16H26BrNO. The fourth-order valence-corrected chi connectivity index (χ4v) is 2.23. The van der Waals surface area contributed by atoms with Crippen molar-refractivity contribution < 1.29 is 4.74 Å². The number of rotatable bonds is 7. The minimum Gasteiger partial charge on any atom is -0.489 e. The van der Waals surface area contributed by atoms with E-state index in [1.165, 1.54) is 5.56 Å². The highest BCUT2D eigenvalue weighted by atomic mass is 79.9. The van der Waals surface area contributed by atoms with Crippen LogP contribution in [0.2, 0.25) is 0 Å². The van der Waals surface area contributed by atoms with Gasteiger partial charge in [-0.25, -0.2) is 0 Å². The normalized spacial score (nSPS) is 14.5. The van der Waals surface area contributed by atoms with Gasteiger partial charge in [0, 0.05) is 17.1 Å². The Bertz CT molecular complexity index is 392. The molecule has 0 radical (unpaired) electrons. The van der Waals surface area contributed by atoms with Gasteiger partial charge in [-0.15, -0.1) is 0 Å². The molecule has 1 N–H and O–H groups in total. The molecule has 1 rings (SSSR count). The van der Waals surface area contributed by atoms with E-state index in [1.807, 2.05) is 6.07 Å². The highest BCUT2D eigenvalue weighted by Crippen LogP contribution is 2.30. The van der Waals surface area contributed by atoms with Crippen molar-refractivity contribution in [2.24, 2.45) is 0 Å². The fourth-order valence-electron chi connectivity index (χ4n) is 1.85. The average molecular weight is 328 g/mol. The molecular weight excluding hydrogens is 302 g/mol. The van der Waals surface area contributed by atoms with Crippen LogP contribution in [0.1, 0.15) is 52.5 Å². The van der Waals surface area contributed by atoms with Crippen LogP contribution < -0.4 is 10.1 Å². The maximum Gasteiger partial charge on any atom is 0.123 e. The lowest BCUT2D eigenvalue weighted by Crippen LogP contribution is -2.34. The van der Waals surface area contributed by atoms with Crippen LogP contribution in [0.5, 0.6) is 5.75 Å². The molecule has 0 aromatic heterocycles. The van der Waals surface area contributed by atoms with Gasteiger partial charge in [-0.3, -0.25) is 0 Å². The van der Waals surface area contributed by atoms with Crippen LogP contribution in [-0.4, -0.2) is 18.7 Å². The Morgan fingerprint density at radius 2 is 1.89 bits per heavy atom. The Labute approximate surface area is 126 Å². The van der Waals surface area contributed by atoms with Crippen LogP contribution in [0.3, 0.4) is 0 Å². The quantitative estimate of drug-likeness (QED) is 0.781. The van der Waals surface area contributed by atoms with E-state index in [4.69, 9.17) is 4.74 Å². The third kappa shape index (κ3) is 5.53. The van der Waals surface area contributed by atoms with Crippen molar-refractivity contribution in [1.82, 2.24) is 5.32 Å². The summed E-state index contributed by atoms with van der Waals surface area (Å²) in [5.74, 6) is 1.46. The molecule has 2 atom stereocenters. The van der Waals surface area contributed by atoms with Crippen LogP contribution in [0.4, 0.5) is 0 Å². The summed E-state index contributed by atoms with van der Waals surface area (Å²) in [5, 5.41) is 3.48. The van der Waals surface area contributed by atoms with Crippen molar-refractivity contribution in [1.29, 1.82) is 0 Å². The molecule has 0 bridgehead atoms. The van der Waals surface area contributed by atoms with Crippen molar-refractivity contribution in [2.45, 2.75) is 59.1 Å². The van der Waals surface area contributed by atoms with Gasteiger partial charge in [0.15, 0.2) is 0 Å². The molecule has 2 unspecified atom stereocenters. The summed E-state index contributed by atoms with van der Waals surface area (Å²) < 4.78 is 7.18. The van der Waals surface area contributed by atoms with E-state index in [-0.39, 0.29) is 6.10 Å². The molecule has 0 aliphatic carbocycles. The van der Waals surface area contributed by atoms with Crippen molar-refractivity contribution in [3.8, 4) is 5.75 Å². The average Bonchev–Trinajstić information content (AvgIpc) is 2.37. The first-order valence-electron chi connectivity index (χ1n) is 7.13. The lowest BCUT2D eigenvalue weighted by Gasteiger charge is -2.21. The molecule has 1 aromatic rings. The maximum absolute atomic E-state index is 6.07. The molecule has 0 fully saturated rings. The highest BCUT2D eigenvalue weighted by molar-refractivity contribution is 9.10. The van der Waals surface area contributed by atoms with Crippen LogP contribution in [0.15, 0.2) is 22.7 Å². The second kappa shape index (κ2) is 7.91. The first-order chi connectivity index (χ1) is 8.93. The first kappa shape index (κ1) is 16.5. The summed E-state index contributed by atoms with van der Waals surface area (Å²) in [6, 6.07) is 6.78. The Morgan fingerprint density at radius 3 is 2.47 bits per heavy atom. The summed E-state index contributed by atoms with van der Waals surface area (Å²) >= 11 is 3.52. The molecule has 0 heterocycles. The monoisotopic (exact) mass is 327 g/mol. The van der Waals surface area contributed by atoms with Crippen molar-refractivity contribution in [2.75, 3.05) is 6.54 Å². The summed E-state index contributed by atoms with van der Waals surface area (Å²) in [6.07, 6.45) is 1.31. The molecule has 0 aliphatic rings. The Morgan fingerprint density at radius 1 is 1.21 bits per heavy atom. The van der Waals surface area contributed by atoms with Crippen LogP contribution in [0.25, 0.3) is 0 Å². The standard InChI is InChI=1S/C16H26BrNO/c1-6-12(4)18-10-13(5)19-16-8-7-14(17)9-15(16)11(2)3/h7-9,11-13,18H,6,10H2,1-5H3. The van der Waals surface area contributed by atoms with E-state index in [0.717, 1.165) is 23.2 Å². The second-order valence-corrected chi connectivity index (χ2v) is 6.40. The van der Waals surface area contributed by atoms with Gasteiger partial charge in [0.25, 0.3) is 0 Å². The first-order valence-corrected chi connectivity index (χ1v) is 7.92. The minimum atomic E-state index is 0.174. The van der Waals surface area contributed by atoms with Gasteiger partial charge in [0.05, 0.1) is 0 Å². The van der Waals surface area contributed by atoms with Gasteiger partial charge in [0.1, 0.15) is 11.9 Å². The SMILES string of the molecule is CCC(C)NCC(C)Oc1ccc(Br)cc1C(C)C. The third-order valence-electron chi connectivity index (χ3n) is 3.29. The summed E-state index contributed by atoms with van der Waals surface area (Å²) in [7, 11) is 0. The largest absolute Gasteiger partial charge is 0.489 e. The Balaban J connectivity index is 2.65. The number of halogens is 1. The van der Waals surface area contributed by atoms with E-state index in [1.54, 1.807) is 0 Å². The zero-order valence-corrected chi connectivity index (χ0v) is 14.3. The molecule has 0 saturated heterocycles. The lowest BCUT2D eigenvalue weighted by atomic mass is 10.0. The van der Waals surface area contributed by atoms with Crippen LogP contribution in [-0.2, 0) is 0 Å². The molecule has 108 valence electrons. The van der Waals surface area contributed by atoms with Gasteiger partial charge in [-0.1, -0.05) is 36.7 Å². The van der Waals surface area contributed by atoms with Crippen molar-refractivity contribution in [3.05, 3.63) is 28.2 Å². The van der Waals surface area contributed by atoms with Gasteiger partial charge in [-0.2, -0.15) is 0 Å². The van der Waals surface area contributed by atoms with Crippen molar-refractivity contribution >= 4 is 15.9 Å². The van der Waals surface area contributed by atoms with E-state index in [0.29, 0.717) is 12.0 Å². The minimum absolute atomic E-state index is 0.174. The molecule has 0 amide bonds. The van der Waals surface area contributed by atoms with E-state index in [9.17, 15) is 0 Å². The van der Waals surface area contributed by atoms with Gasteiger partial charge in [0.2, 0.25) is 0 Å². The molecule has 3 heteroatoms. The number of hydrogen-bond acceptors (Lipinski definition) is 2. The van der Waals surface area contributed by atoms with Gasteiger partial charge in [-0.05, 0) is 49.9 Å². The topological polar surface area (TPSA) is 21.3 Å². The van der Waals surface area contributed by atoms with E-state index >= 15 is 0 Å². The van der Waals surface area contributed by atoms with E-state index < -0.39 is 0 Å². The predicted octanol–water partition coefficient (Wildman–Crippen LogP) is 4.73. The number of benzene rings is 1. The predicted molar refractivity (Wildman–Crippen MR) is 86.1 cm³/mol.